The molecule has 0 saturated heterocycles. The van der Waals surface area contributed by atoms with Gasteiger partial charge in [-0.2, -0.15) is 0 Å². The second-order valence-electron chi connectivity index (χ2n) is 4.24. The summed E-state index contributed by atoms with van der Waals surface area (Å²) >= 11 is 0. The van der Waals surface area contributed by atoms with Gasteiger partial charge in [0.15, 0.2) is 11.6 Å². The van der Waals surface area contributed by atoms with E-state index in [0.717, 1.165) is 0 Å². The zero-order valence-electron chi connectivity index (χ0n) is 9.92. The Morgan fingerprint density at radius 1 is 0.789 bits per heavy atom. The first-order chi connectivity index (χ1) is 8.72. The van der Waals surface area contributed by atoms with E-state index in [2.05, 4.69) is 0 Å². The van der Waals surface area contributed by atoms with Crippen LogP contribution in [0.3, 0.4) is 0 Å². The van der Waals surface area contributed by atoms with Crippen molar-refractivity contribution in [3.05, 3.63) is 70.3 Å². The fourth-order valence-electron chi connectivity index (χ4n) is 2.24. The predicted octanol–water partition coefficient (Wildman–Crippen LogP) is 2.38. The van der Waals surface area contributed by atoms with Crippen LogP contribution >= 0.6 is 12.4 Å². The highest BCUT2D eigenvalue weighted by Crippen LogP contribution is 2.27. The third kappa shape index (κ3) is 1.97. The van der Waals surface area contributed by atoms with Gasteiger partial charge in [-0.25, -0.2) is 0 Å². The summed E-state index contributed by atoms with van der Waals surface area (Å²) in [7, 11) is 0. The minimum absolute atomic E-state index is 0. The average Bonchev–Trinajstić information content (AvgIpc) is 2.44. The van der Waals surface area contributed by atoms with Gasteiger partial charge in [-0.3, -0.25) is 9.59 Å². The molecule has 0 amide bonds. The van der Waals surface area contributed by atoms with E-state index in [1.54, 1.807) is 42.5 Å². The van der Waals surface area contributed by atoms with Crippen molar-refractivity contribution in [2.24, 2.45) is 0 Å². The fraction of sp³-hybridized carbons (Fsp3) is 0.0667. The van der Waals surface area contributed by atoms with E-state index in [1.807, 2.05) is 0 Å². The molecule has 3 rings (SSSR count). The lowest BCUT2D eigenvalue weighted by Crippen LogP contribution is -2.20. The van der Waals surface area contributed by atoms with Crippen LogP contribution in [0.15, 0.2) is 42.5 Å². The largest absolute Gasteiger partial charge is 0.392 e. The van der Waals surface area contributed by atoms with Gasteiger partial charge in [-0.1, -0.05) is 30.3 Å². The maximum absolute atomic E-state index is 12.3. The van der Waals surface area contributed by atoms with Crippen molar-refractivity contribution in [1.29, 1.82) is 0 Å². The van der Waals surface area contributed by atoms with Gasteiger partial charge < -0.3 is 5.11 Å². The van der Waals surface area contributed by atoms with Crippen molar-refractivity contribution in [2.45, 2.75) is 6.61 Å². The molecule has 0 aromatic heterocycles. The normalized spacial score (nSPS) is 12.5. The first-order valence-electron chi connectivity index (χ1n) is 5.64. The molecule has 0 heterocycles. The fourth-order valence-corrected chi connectivity index (χ4v) is 2.24. The summed E-state index contributed by atoms with van der Waals surface area (Å²) in [5.41, 5.74) is 2.31. The highest BCUT2D eigenvalue weighted by atomic mass is 35.5. The molecule has 0 radical (unpaired) electrons. The third-order valence-electron chi connectivity index (χ3n) is 3.17. The van der Waals surface area contributed by atoms with Gasteiger partial charge in [0.2, 0.25) is 0 Å². The maximum atomic E-state index is 12.3. The minimum Gasteiger partial charge on any atom is -0.392 e. The number of hydrogen-bond donors (Lipinski definition) is 1. The Labute approximate surface area is 116 Å². The van der Waals surface area contributed by atoms with Gasteiger partial charge in [0, 0.05) is 22.3 Å². The third-order valence-corrected chi connectivity index (χ3v) is 3.17. The van der Waals surface area contributed by atoms with Gasteiger partial charge in [0.05, 0.1) is 6.61 Å². The van der Waals surface area contributed by atoms with E-state index >= 15 is 0 Å². The van der Waals surface area contributed by atoms with Crippen LogP contribution in [0.2, 0.25) is 0 Å². The highest BCUT2D eigenvalue weighted by molar-refractivity contribution is 6.28. The van der Waals surface area contributed by atoms with E-state index in [1.165, 1.54) is 0 Å². The van der Waals surface area contributed by atoms with Crippen LogP contribution in [0.1, 0.15) is 37.4 Å². The minimum atomic E-state index is -0.157. The summed E-state index contributed by atoms with van der Waals surface area (Å²) in [4.78, 5) is 24.5. The van der Waals surface area contributed by atoms with Crippen LogP contribution in [-0.4, -0.2) is 16.7 Å². The molecule has 0 atom stereocenters. The topological polar surface area (TPSA) is 54.4 Å². The average molecular weight is 275 g/mol. The smallest absolute Gasteiger partial charge is 0.194 e. The van der Waals surface area contributed by atoms with Crippen molar-refractivity contribution < 1.29 is 14.7 Å². The molecule has 2 aromatic rings. The Balaban J connectivity index is 0.00000133. The van der Waals surface area contributed by atoms with Crippen molar-refractivity contribution >= 4 is 24.0 Å². The first-order valence-corrected chi connectivity index (χ1v) is 5.64. The molecule has 0 bridgehead atoms. The van der Waals surface area contributed by atoms with Crippen LogP contribution in [0.4, 0.5) is 0 Å². The molecule has 3 nitrogen and oxygen atoms in total. The molecule has 1 aliphatic carbocycles. The SMILES string of the molecule is Cl.O=C1c2ccccc2C(=O)c2cc(CO)ccc21. The second-order valence-corrected chi connectivity index (χ2v) is 4.24. The molecule has 1 aliphatic rings. The van der Waals surface area contributed by atoms with Crippen molar-refractivity contribution in [1.82, 2.24) is 0 Å². The van der Waals surface area contributed by atoms with Gasteiger partial charge in [0.1, 0.15) is 0 Å². The number of ketones is 2. The zero-order valence-corrected chi connectivity index (χ0v) is 10.7. The lowest BCUT2D eigenvalue weighted by atomic mass is 9.83. The van der Waals surface area contributed by atoms with E-state index in [-0.39, 0.29) is 30.6 Å². The highest BCUT2D eigenvalue weighted by Gasteiger charge is 2.29. The van der Waals surface area contributed by atoms with Gasteiger partial charge >= 0.3 is 0 Å². The Bertz CT molecular complexity index is 677. The Hall–Kier alpha value is -1.97. The lowest BCUT2D eigenvalue weighted by Gasteiger charge is -2.17. The summed E-state index contributed by atoms with van der Waals surface area (Å²) in [5.74, 6) is -0.291. The van der Waals surface area contributed by atoms with Crippen LogP contribution in [0.25, 0.3) is 0 Å². The molecule has 4 heteroatoms. The second kappa shape index (κ2) is 4.96. The van der Waals surface area contributed by atoms with Crippen LogP contribution in [0, 0.1) is 0 Å². The summed E-state index contributed by atoms with van der Waals surface area (Å²) in [6.45, 7) is -0.142. The van der Waals surface area contributed by atoms with E-state index in [0.29, 0.717) is 27.8 Å². The quantitative estimate of drug-likeness (QED) is 0.741. The van der Waals surface area contributed by atoms with Crippen LogP contribution in [0.5, 0.6) is 0 Å². The summed E-state index contributed by atoms with van der Waals surface area (Å²) in [6.07, 6.45) is 0. The standard InChI is InChI=1S/C15H10O3.ClH/c16-8-9-5-6-12-13(7-9)15(18)11-4-2-1-3-10(11)14(12)17;/h1-7,16H,8H2;1H. The Morgan fingerprint density at radius 2 is 1.32 bits per heavy atom. The molecule has 0 spiro atoms. The number of fused-ring (bicyclic) bond motifs is 2. The van der Waals surface area contributed by atoms with Crippen LogP contribution < -0.4 is 0 Å². The molecule has 19 heavy (non-hydrogen) atoms. The number of benzene rings is 2. The molecule has 1 N–H and O–H groups in total. The number of rotatable bonds is 1. The molecule has 0 fully saturated rings. The molecular formula is C15H11ClO3. The van der Waals surface area contributed by atoms with Gasteiger partial charge in [-0.05, 0) is 17.7 Å². The van der Waals surface area contributed by atoms with E-state index < -0.39 is 0 Å². The summed E-state index contributed by atoms with van der Waals surface area (Å²) in [6, 6.07) is 11.7. The first kappa shape index (κ1) is 13.5. The molecule has 96 valence electrons. The molecule has 2 aromatic carbocycles. The van der Waals surface area contributed by atoms with Gasteiger partial charge in [0.25, 0.3) is 0 Å². The monoisotopic (exact) mass is 274 g/mol. The summed E-state index contributed by atoms with van der Waals surface area (Å²) < 4.78 is 0. The summed E-state index contributed by atoms with van der Waals surface area (Å²) in [5, 5.41) is 9.09. The Morgan fingerprint density at radius 3 is 1.89 bits per heavy atom. The molecule has 0 aliphatic heterocycles. The molecular weight excluding hydrogens is 264 g/mol. The van der Waals surface area contributed by atoms with Gasteiger partial charge in [-0.15, -0.1) is 12.4 Å². The Kier molecular flexibility index (Phi) is 3.51. The number of aliphatic hydroxyl groups excluding tert-OH is 1. The van der Waals surface area contributed by atoms with Crippen molar-refractivity contribution in [3.8, 4) is 0 Å². The number of carbonyl (C=O) groups is 2. The lowest BCUT2D eigenvalue weighted by molar-refractivity contribution is 0.0979. The van der Waals surface area contributed by atoms with E-state index in [4.69, 9.17) is 5.11 Å². The number of aliphatic hydroxyl groups is 1. The predicted molar refractivity (Wildman–Crippen MR) is 72.9 cm³/mol. The van der Waals surface area contributed by atoms with Crippen molar-refractivity contribution in [3.63, 3.8) is 0 Å². The zero-order chi connectivity index (χ0) is 12.7. The van der Waals surface area contributed by atoms with E-state index in [9.17, 15) is 9.59 Å². The molecule has 0 unspecified atom stereocenters. The number of halogens is 1. The number of carbonyl (C=O) groups excluding carboxylic acids is 2. The molecule has 0 saturated carbocycles. The number of hydrogen-bond acceptors (Lipinski definition) is 3. The van der Waals surface area contributed by atoms with Crippen LogP contribution in [-0.2, 0) is 6.61 Å². The maximum Gasteiger partial charge on any atom is 0.194 e. The van der Waals surface area contributed by atoms with Crippen molar-refractivity contribution in [2.75, 3.05) is 0 Å².